The average Bonchev–Trinajstić information content (AvgIpc) is 3.31. The second-order valence-electron chi connectivity index (χ2n) is 8.82. The maximum atomic E-state index is 13.9. The summed E-state index contributed by atoms with van der Waals surface area (Å²) in [4.78, 5) is 27.3. The first kappa shape index (κ1) is 29.6. The van der Waals surface area contributed by atoms with Gasteiger partial charge in [0.15, 0.2) is 0 Å². The lowest BCUT2D eigenvalue weighted by Gasteiger charge is -2.20. The Balaban J connectivity index is 0.00000420. The molecule has 39 heavy (non-hydrogen) atoms. The van der Waals surface area contributed by atoms with Gasteiger partial charge in [-0.15, -0.1) is 12.4 Å². The molecule has 9 nitrogen and oxygen atoms in total. The van der Waals surface area contributed by atoms with Gasteiger partial charge in [0.2, 0.25) is 15.9 Å². The van der Waals surface area contributed by atoms with E-state index in [9.17, 15) is 18.0 Å². The first-order chi connectivity index (χ1) is 18.2. The summed E-state index contributed by atoms with van der Waals surface area (Å²) in [6, 6.07) is 23.6. The Bertz CT molecular complexity index is 1590. The van der Waals surface area contributed by atoms with Crippen LogP contribution in [-0.4, -0.2) is 42.4 Å². The van der Waals surface area contributed by atoms with E-state index in [1.165, 1.54) is 11.5 Å². The summed E-state index contributed by atoms with van der Waals surface area (Å²) in [5, 5.41) is 11.0. The van der Waals surface area contributed by atoms with Crippen LogP contribution >= 0.6 is 12.4 Å². The van der Waals surface area contributed by atoms with Crippen molar-refractivity contribution in [2.45, 2.75) is 25.9 Å². The number of hydrogen-bond donors (Lipinski definition) is 4. The Morgan fingerprint density at radius 3 is 2.23 bits per heavy atom. The van der Waals surface area contributed by atoms with Gasteiger partial charge in [0.05, 0.1) is 11.3 Å². The number of amides is 1. The molecule has 11 heteroatoms. The number of nitrogen functional groups attached to an aromatic ring is 1. The second-order valence-corrected chi connectivity index (χ2v) is 10.9. The smallest absolute Gasteiger partial charge is 0.268 e. The van der Waals surface area contributed by atoms with Crippen molar-refractivity contribution in [1.29, 1.82) is 5.41 Å². The number of aromatic nitrogens is 1. The van der Waals surface area contributed by atoms with E-state index in [1.807, 2.05) is 30.3 Å². The number of nitrogens with two attached hydrogens (primary N) is 1. The Labute approximate surface area is 233 Å². The summed E-state index contributed by atoms with van der Waals surface area (Å²) < 4.78 is 28.8. The number of halogens is 1. The standard InChI is InChI=1S/C28H29N5O4S.ClH/c1-2-38(36,37)32-23(16-19-8-4-3-5-9-19)28(35)33-24-11-7-6-10-22(24)17-25(33)27(34)31-18-20-12-14-21(15-13-20)26(29)30;/h3-15,17,23,32H,2,16,18H2,1H3,(H3,29,30)(H,31,34);1H/t23-;/m1./s1. The van der Waals surface area contributed by atoms with E-state index in [-0.39, 0.29) is 42.7 Å². The van der Waals surface area contributed by atoms with Gasteiger partial charge in [-0.3, -0.25) is 19.6 Å². The van der Waals surface area contributed by atoms with E-state index in [4.69, 9.17) is 11.1 Å². The molecule has 1 amide bonds. The van der Waals surface area contributed by atoms with Crippen molar-refractivity contribution < 1.29 is 18.0 Å². The largest absolute Gasteiger partial charge is 0.384 e. The fourth-order valence-electron chi connectivity index (χ4n) is 4.12. The molecular weight excluding hydrogens is 538 g/mol. The molecule has 0 fully saturated rings. The third-order valence-corrected chi connectivity index (χ3v) is 7.57. The Morgan fingerprint density at radius 2 is 1.59 bits per heavy atom. The van der Waals surface area contributed by atoms with Gasteiger partial charge in [-0.2, -0.15) is 0 Å². The molecule has 4 rings (SSSR count). The van der Waals surface area contributed by atoms with Gasteiger partial charge < -0.3 is 11.1 Å². The van der Waals surface area contributed by atoms with Crippen LogP contribution in [0.25, 0.3) is 10.9 Å². The minimum absolute atomic E-state index is 0. The first-order valence-electron chi connectivity index (χ1n) is 12.1. The van der Waals surface area contributed by atoms with E-state index >= 15 is 0 Å². The molecule has 1 aromatic heterocycles. The minimum atomic E-state index is -3.73. The second kappa shape index (κ2) is 12.7. The molecule has 1 heterocycles. The first-order valence-corrected chi connectivity index (χ1v) is 13.7. The van der Waals surface area contributed by atoms with Gasteiger partial charge in [0, 0.05) is 17.5 Å². The summed E-state index contributed by atoms with van der Waals surface area (Å²) in [7, 11) is -3.73. The van der Waals surface area contributed by atoms with Crippen LogP contribution in [0.1, 0.15) is 38.9 Å². The molecule has 4 aromatic rings. The number of nitrogens with one attached hydrogen (secondary N) is 3. The van der Waals surface area contributed by atoms with Crippen LogP contribution < -0.4 is 15.8 Å². The molecule has 5 N–H and O–H groups in total. The van der Waals surface area contributed by atoms with Gasteiger partial charge in [-0.25, -0.2) is 13.1 Å². The molecule has 0 bridgehead atoms. The number of amidine groups is 1. The molecule has 0 radical (unpaired) electrons. The molecule has 3 aromatic carbocycles. The third-order valence-electron chi connectivity index (χ3n) is 6.16. The van der Waals surface area contributed by atoms with Crippen LogP contribution in [0.4, 0.5) is 0 Å². The Kier molecular flexibility index (Phi) is 9.63. The number of rotatable bonds is 10. The van der Waals surface area contributed by atoms with Crippen molar-refractivity contribution in [3.63, 3.8) is 0 Å². The zero-order valence-electron chi connectivity index (χ0n) is 21.3. The topological polar surface area (TPSA) is 147 Å². The fraction of sp³-hybridized carbons (Fsp3) is 0.179. The van der Waals surface area contributed by atoms with Gasteiger partial charge in [-0.1, -0.05) is 72.8 Å². The van der Waals surface area contributed by atoms with Crippen LogP contribution in [0.15, 0.2) is 84.9 Å². The van der Waals surface area contributed by atoms with Crippen molar-refractivity contribution >= 4 is 51.0 Å². The van der Waals surface area contributed by atoms with Gasteiger partial charge in [-0.05, 0) is 36.6 Å². The van der Waals surface area contributed by atoms with Gasteiger partial charge in [0.1, 0.15) is 17.6 Å². The van der Waals surface area contributed by atoms with E-state index in [1.54, 1.807) is 54.6 Å². The molecule has 1 atom stereocenters. The molecular formula is C28H30ClN5O4S. The van der Waals surface area contributed by atoms with Crippen LogP contribution in [0.5, 0.6) is 0 Å². The Morgan fingerprint density at radius 1 is 0.949 bits per heavy atom. The van der Waals surface area contributed by atoms with Crippen LogP contribution in [0.2, 0.25) is 0 Å². The number of benzene rings is 3. The highest BCUT2D eigenvalue weighted by Crippen LogP contribution is 2.22. The lowest BCUT2D eigenvalue weighted by atomic mass is 10.1. The number of carbonyl (C=O) groups is 2. The molecule has 0 spiro atoms. The highest BCUT2D eigenvalue weighted by molar-refractivity contribution is 7.89. The maximum Gasteiger partial charge on any atom is 0.268 e. The Hall–Kier alpha value is -3.99. The maximum absolute atomic E-state index is 13.9. The van der Waals surface area contributed by atoms with E-state index < -0.39 is 27.9 Å². The molecule has 0 aliphatic rings. The number of fused-ring (bicyclic) bond motifs is 1. The molecule has 0 unspecified atom stereocenters. The average molecular weight is 568 g/mol. The van der Waals surface area contributed by atoms with Crippen LogP contribution in [-0.2, 0) is 23.0 Å². The summed E-state index contributed by atoms with van der Waals surface area (Å²) >= 11 is 0. The number of nitrogens with zero attached hydrogens (tertiary/aromatic N) is 1. The molecule has 0 aliphatic heterocycles. The van der Waals surface area contributed by atoms with E-state index in [0.29, 0.717) is 16.5 Å². The highest BCUT2D eigenvalue weighted by atomic mass is 35.5. The van der Waals surface area contributed by atoms with Crippen molar-refractivity contribution in [1.82, 2.24) is 14.6 Å². The summed E-state index contributed by atoms with van der Waals surface area (Å²) in [5.74, 6) is -1.27. The van der Waals surface area contributed by atoms with E-state index in [2.05, 4.69) is 10.0 Å². The van der Waals surface area contributed by atoms with Crippen molar-refractivity contribution in [2.75, 3.05) is 5.75 Å². The van der Waals surface area contributed by atoms with Crippen LogP contribution in [0, 0.1) is 5.41 Å². The number of hydrogen-bond acceptors (Lipinski definition) is 5. The number of para-hydroxylation sites is 1. The zero-order chi connectivity index (χ0) is 27.3. The van der Waals surface area contributed by atoms with Gasteiger partial charge in [0.25, 0.3) is 5.91 Å². The van der Waals surface area contributed by atoms with Crippen molar-refractivity contribution in [3.05, 3.63) is 107 Å². The monoisotopic (exact) mass is 567 g/mol. The molecule has 0 saturated carbocycles. The third kappa shape index (κ3) is 7.11. The lowest BCUT2D eigenvalue weighted by molar-refractivity contribution is 0.0846. The molecule has 0 saturated heterocycles. The summed E-state index contributed by atoms with van der Waals surface area (Å²) in [5.41, 5.74) is 8.24. The lowest BCUT2D eigenvalue weighted by Crippen LogP contribution is -2.46. The quantitative estimate of drug-likeness (QED) is 0.171. The summed E-state index contributed by atoms with van der Waals surface area (Å²) in [6.07, 6.45) is 0.120. The number of carbonyl (C=O) groups excluding carboxylic acids is 2. The zero-order valence-corrected chi connectivity index (χ0v) is 22.9. The fourth-order valence-corrected chi connectivity index (χ4v) is 4.90. The van der Waals surface area contributed by atoms with E-state index in [0.717, 1.165) is 11.1 Å². The SMILES string of the molecule is CCS(=O)(=O)N[C@H](Cc1ccccc1)C(=O)n1c(C(=O)NCc2ccc(C(=N)N)cc2)cc2ccccc21.Cl. The van der Waals surface area contributed by atoms with Crippen molar-refractivity contribution in [2.24, 2.45) is 5.73 Å². The minimum Gasteiger partial charge on any atom is -0.384 e. The predicted molar refractivity (Wildman–Crippen MR) is 155 cm³/mol. The summed E-state index contributed by atoms with van der Waals surface area (Å²) in [6.45, 7) is 1.68. The van der Waals surface area contributed by atoms with Crippen LogP contribution in [0.3, 0.4) is 0 Å². The molecule has 0 aliphatic carbocycles. The van der Waals surface area contributed by atoms with Gasteiger partial charge >= 0.3 is 0 Å². The highest BCUT2D eigenvalue weighted by Gasteiger charge is 2.29. The van der Waals surface area contributed by atoms with Crippen molar-refractivity contribution in [3.8, 4) is 0 Å². The number of sulfonamides is 1. The predicted octanol–water partition coefficient (Wildman–Crippen LogP) is 3.47. The molecule has 204 valence electrons. The normalized spacial score (nSPS) is 11.9.